The number of aliphatic hydroxyl groups excluding tert-OH is 1. The number of methoxy groups -OCH3 is 1. The Labute approximate surface area is 100 Å². The van der Waals surface area contributed by atoms with Crippen LogP contribution in [0.1, 0.15) is 0 Å². The zero-order chi connectivity index (χ0) is 12.8. The van der Waals surface area contributed by atoms with E-state index in [9.17, 15) is 14.7 Å². The van der Waals surface area contributed by atoms with Crippen molar-refractivity contribution >= 4 is 11.9 Å². The maximum Gasteiger partial charge on any atom is 0.324 e. The number of nitrogens with zero attached hydrogens (tertiary/aromatic N) is 2. The van der Waals surface area contributed by atoms with Gasteiger partial charge in [0.25, 0.3) is 0 Å². The van der Waals surface area contributed by atoms with Crippen LogP contribution in [0.15, 0.2) is 0 Å². The van der Waals surface area contributed by atoms with Crippen LogP contribution in [0.3, 0.4) is 0 Å². The molecule has 0 radical (unpaired) electrons. The van der Waals surface area contributed by atoms with E-state index in [0.717, 1.165) is 0 Å². The van der Waals surface area contributed by atoms with E-state index in [2.05, 4.69) is 5.32 Å². The number of likely N-dealkylation sites (N-methyl/N-ethyl adjacent to an activating group) is 1. The van der Waals surface area contributed by atoms with Gasteiger partial charge in [-0.3, -0.25) is 9.69 Å². The highest BCUT2D eigenvalue weighted by atomic mass is 16.5. The fourth-order valence-electron chi connectivity index (χ4n) is 1.65. The summed E-state index contributed by atoms with van der Waals surface area (Å²) in [5.41, 5.74) is 0. The molecule has 1 saturated heterocycles. The summed E-state index contributed by atoms with van der Waals surface area (Å²) in [5, 5.41) is 11.9. The summed E-state index contributed by atoms with van der Waals surface area (Å²) in [4.78, 5) is 25.5. The number of imide groups is 1. The molecule has 0 aromatic heterocycles. The van der Waals surface area contributed by atoms with E-state index in [1.807, 2.05) is 11.9 Å². The second kappa shape index (κ2) is 6.53. The second-order valence-electron chi connectivity index (χ2n) is 4.08. The van der Waals surface area contributed by atoms with Crippen LogP contribution in [0, 0.1) is 0 Å². The first-order valence-electron chi connectivity index (χ1n) is 5.48. The number of hydrogen-bond donors (Lipinski definition) is 2. The molecule has 1 unspecified atom stereocenters. The average molecular weight is 245 g/mol. The molecular weight excluding hydrogens is 226 g/mol. The lowest BCUT2D eigenvalue weighted by Gasteiger charge is -2.22. The number of ether oxygens (including phenoxy) is 1. The van der Waals surface area contributed by atoms with E-state index in [1.54, 1.807) is 0 Å². The number of aliphatic hydroxyl groups is 1. The number of amides is 3. The van der Waals surface area contributed by atoms with Crippen molar-refractivity contribution in [1.82, 2.24) is 15.1 Å². The minimum Gasteiger partial charge on any atom is -0.389 e. The topological polar surface area (TPSA) is 82.1 Å². The van der Waals surface area contributed by atoms with E-state index in [0.29, 0.717) is 19.6 Å². The zero-order valence-electron chi connectivity index (χ0n) is 10.2. The molecule has 17 heavy (non-hydrogen) atoms. The number of carbonyl (C=O) groups excluding carboxylic acids is 2. The third-order valence-electron chi connectivity index (χ3n) is 2.52. The molecule has 0 spiro atoms. The molecule has 1 atom stereocenters. The first-order valence-corrected chi connectivity index (χ1v) is 5.48. The average Bonchev–Trinajstić information content (AvgIpc) is 2.56. The Morgan fingerprint density at radius 2 is 2.29 bits per heavy atom. The zero-order valence-corrected chi connectivity index (χ0v) is 10.2. The number of rotatable bonds is 7. The van der Waals surface area contributed by atoms with Gasteiger partial charge in [0.05, 0.1) is 19.3 Å². The van der Waals surface area contributed by atoms with Gasteiger partial charge in [-0.15, -0.1) is 0 Å². The van der Waals surface area contributed by atoms with Gasteiger partial charge in [0, 0.05) is 26.7 Å². The van der Waals surface area contributed by atoms with Gasteiger partial charge in [-0.05, 0) is 7.05 Å². The molecule has 2 N–H and O–H groups in total. The van der Waals surface area contributed by atoms with Gasteiger partial charge < -0.3 is 20.1 Å². The van der Waals surface area contributed by atoms with Gasteiger partial charge in [0.1, 0.15) is 0 Å². The van der Waals surface area contributed by atoms with Crippen LogP contribution in [0.25, 0.3) is 0 Å². The molecule has 0 aromatic rings. The van der Waals surface area contributed by atoms with Crippen molar-refractivity contribution in [3.8, 4) is 0 Å². The van der Waals surface area contributed by atoms with Crippen LogP contribution in [-0.2, 0) is 9.53 Å². The molecule has 1 aliphatic heterocycles. The van der Waals surface area contributed by atoms with Gasteiger partial charge in [-0.25, -0.2) is 4.79 Å². The van der Waals surface area contributed by atoms with Crippen LogP contribution < -0.4 is 5.32 Å². The Morgan fingerprint density at radius 3 is 2.82 bits per heavy atom. The van der Waals surface area contributed by atoms with Crippen molar-refractivity contribution in [2.75, 3.05) is 46.9 Å². The minimum atomic E-state index is -0.562. The molecule has 1 heterocycles. The molecule has 0 bridgehead atoms. The van der Waals surface area contributed by atoms with Crippen molar-refractivity contribution in [1.29, 1.82) is 0 Å². The number of carbonyl (C=O) groups is 2. The first kappa shape index (κ1) is 13.9. The van der Waals surface area contributed by atoms with Crippen LogP contribution >= 0.6 is 0 Å². The molecule has 1 fully saturated rings. The van der Waals surface area contributed by atoms with Gasteiger partial charge >= 0.3 is 6.03 Å². The molecule has 3 amide bonds. The number of urea groups is 1. The SMILES string of the molecule is COCC(O)CN(C)CCN1C(=O)CNC1=O. The molecular formula is C10H19N3O4. The maximum absolute atomic E-state index is 11.3. The van der Waals surface area contributed by atoms with Gasteiger partial charge in [0.2, 0.25) is 5.91 Å². The quantitative estimate of drug-likeness (QED) is 0.532. The highest BCUT2D eigenvalue weighted by molar-refractivity contribution is 6.01. The molecule has 0 aromatic carbocycles. The molecule has 98 valence electrons. The molecule has 1 aliphatic rings. The Morgan fingerprint density at radius 1 is 1.59 bits per heavy atom. The summed E-state index contributed by atoms with van der Waals surface area (Å²) in [6, 6.07) is -0.346. The third-order valence-corrected chi connectivity index (χ3v) is 2.52. The smallest absolute Gasteiger partial charge is 0.324 e. The lowest BCUT2D eigenvalue weighted by Crippen LogP contribution is -2.40. The minimum absolute atomic E-state index is 0.0782. The summed E-state index contributed by atoms with van der Waals surface area (Å²) in [6.45, 7) is 1.65. The summed E-state index contributed by atoms with van der Waals surface area (Å²) in [6.07, 6.45) is -0.562. The molecule has 1 rings (SSSR count). The largest absolute Gasteiger partial charge is 0.389 e. The summed E-state index contributed by atoms with van der Waals surface area (Å²) >= 11 is 0. The molecule has 0 saturated carbocycles. The van der Waals surface area contributed by atoms with Crippen molar-refractivity contribution in [3.63, 3.8) is 0 Å². The number of nitrogens with one attached hydrogen (secondary N) is 1. The van der Waals surface area contributed by atoms with E-state index in [4.69, 9.17) is 4.74 Å². The van der Waals surface area contributed by atoms with Crippen LogP contribution in [-0.4, -0.2) is 79.9 Å². The van der Waals surface area contributed by atoms with Gasteiger partial charge in [-0.1, -0.05) is 0 Å². The van der Waals surface area contributed by atoms with Crippen molar-refractivity contribution in [3.05, 3.63) is 0 Å². The summed E-state index contributed by atoms with van der Waals surface area (Å²) < 4.78 is 4.81. The normalized spacial score (nSPS) is 17.8. The second-order valence-corrected chi connectivity index (χ2v) is 4.08. The van der Waals surface area contributed by atoms with Crippen molar-refractivity contribution < 1.29 is 19.4 Å². The Bertz CT molecular complexity index is 269. The highest BCUT2D eigenvalue weighted by Crippen LogP contribution is 1.99. The van der Waals surface area contributed by atoms with Gasteiger partial charge in [-0.2, -0.15) is 0 Å². The van der Waals surface area contributed by atoms with E-state index >= 15 is 0 Å². The molecule has 7 heteroatoms. The van der Waals surface area contributed by atoms with Crippen molar-refractivity contribution in [2.24, 2.45) is 0 Å². The fourth-order valence-corrected chi connectivity index (χ4v) is 1.65. The highest BCUT2D eigenvalue weighted by Gasteiger charge is 2.28. The standard InChI is InChI=1S/C10H19N3O4/c1-12(6-8(14)7-17-2)3-4-13-9(15)5-11-10(13)16/h8,14H,3-7H2,1-2H3,(H,11,16). The number of hydrogen-bond acceptors (Lipinski definition) is 5. The Balaban J connectivity index is 2.25. The maximum atomic E-state index is 11.3. The van der Waals surface area contributed by atoms with E-state index in [-0.39, 0.29) is 25.1 Å². The summed E-state index contributed by atoms with van der Waals surface area (Å²) in [5.74, 6) is -0.208. The van der Waals surface area contributed by atoms with Gasteiger partial charge in [0.15, 0.2) is 0 Å². The van der Waals surface area contributed by atoms with Crippen molar-refractivity contribution in [2.45, 2.75) is 6.10 Å². The third kappa shape index (κ3) is 4.29. The van der Waals surface area contributed by atoms with Crippen LogP contribution in [0.4, 0.5) is 4.79 Å². The molecule has 7 nitrogen and oxygen atoms in total. The predicted octanol–water partition coefficient (Wildman–Crippen LogP) is -1.52. The lowest BCUT2D eigenvalue weighted by atomic mass is 10.3. The fraction of sp³-hybridized carbons (Fsp3) is 0.800. The van der Waals surface area contributed by atoms with Crippen LogP contribution in [0.5, 0.6) is 0 Å². The Kier molecular flexibility index (Phi) is 5.33. The molecule has 0 aliphatic carbocycles. The summed E-state index contributed by atoms with van der Waals surface area (Å²) in [7, 11) is 3.34. The predicted molar refractivity (Wildman–Crippen MR) is 60.5 cm³/mol. The van der Waals surface area contributed by atoms with E-state index < -0.39 is 6.10 Å². The first-order chi connectivity index (χ1) is 8.04. The Hall–Kier alpha value is -1.18. The monoisotopic (exact) mass is 245 g/mol. The van der Waals surface area contributed by atoms with Crippen LogP contribution in [0.2, 0.25) is 0 Å². The van der Waals surface area contributed by atoms with E-state index in [1.165, 1.54) is 12.0 Å². The lowest BCUT2D eigenvalue weighted by molar-refractivity contribution is -0.125.